The molecule has 2 rings (SSSR count). The van der Waals surface area contributed by atoms with Crippen molar-refractivity contribution >= 4 is 11.9 Å². The molecule has 1 aliphatic carbocycles. The normalized spacial score (nSPS) is 31.2. The number of fused-ring (bicyclic) bond motifs is 2. The summed E-state index contributed by atoms with van der Waals surface area (Å²) in [7, 11) is 0. The van der Waals surface area contributed by atoms with Gasteiger partial charge in [-0.3, -0.25) is 9.59 Å². The number of rotatable bonds is 4. The molecule has 102 valence electrons. The Bertz CT molecular complexity index is 315. The molecule has 1 N–H and O–H groups in total. The second kappa shape index (κ2) is 5.72. The van der Waals surface area contributed by atoms with Gasteiger partial charge in [0.15, 0.2) is 0 Å². The van der Waals surface area contributed by atoms with Crippen LogP contribution >= 0.6 is 0 Å². The summed E-state index contributed by atoms with van der Waals surface area (Å²) in [6.45, 7) is 3.65. The van der Waals surface area contributed by atoms with Crippen LogP contribution in [0.15, 0.2) is 0 Å². The van der Waals surface area contributed by atoms with Crippen LogP contribution in [0.4, 0.5) is 0 Å². The standard InChI is InChI=1S/C14H23NO3/c1-2-3-4-13(16)15-8-10-5-11(9-15)7-12(6-10)14(17)18/h10-12H,2-9H2,1H3,(H,17,18). The summed E-state index contributed by atoms with van der Waals surface area (Å²) in [4.78, 5) is 25.1. The monoisotopic (exact) mass is 253 g/mol. The lowest BCUT2D eigenvalue weighted by Crippen LogP contribution is -2.48. The first-order valence-electron chi connectivity index (χ1n) is 7.10. The topological polar surface area (TPSA) is 57.6 Å². The van der Waals surface area contributed by atoms with Gasteiger partial charge in [-0.05, 0) is 37.5 Å². The second-order valence-corrected chi connectivity index (χ2v) is 5.88. The summed E-state index contributed by atoms with van der Waals surface area (Å²) in [5.74, 6) is 0.241. The third-order valence-corrected chi connectivity index (χ3v) is 4.31. The lowest BCUT2D eigenvalue weighted by Gasteiger charge is -2.43. The van der Waals surface area contributed by atoms with Crippen LogP contribution in [0.2, 0.25) is 0 Å². The molecule has 0 radical (unpaired) electrons. The molecule has 2 aliphatic rings. The maximum atomic E-state index is 12.0. The predicted octanol–water partition coefficient (Wildman–Crippen LogP) is 2.14. The molecule has 1 amide bonds. The van der Waals surface area contributed by atoms with Gasteiger partial charge in [0, 0.05) is 19.5 Å². The molecule has 1 heterocycles. The van der Waals surface area contributed by atoms with Crippen molar-refractivity contribution in [3.8, 4) is 0 Å². The molecule has 0 aromatic carbocycles. The van der Waals surface area contributed by atoms with E-state index in [-0.39, 0.29) is 11.8 Å². The third kappa shape index (κ3) is 3.03. The van der Waals surface area contributed by atoms with E-state index in [1.807, 2.05) is 4.90 Å². The van der Waals surface area contributed by atoms with Gasteiger partial charge in [0.1, 0.15) is 0 Å². The van der Waals surface area contributed by atoms with Gasteiger partial charge >= 0.3 is 5.97 Å². The van der Waals surface area contributed by atoms with Gasteiger partial charge in [-0.15, -0.1) is 0 Å². The summed E-state index contributed by atoms with van der Waals surface area (Å²) < 4.78 is 0. The summed E-state index contributed by atoms with van der Waals surface area (Å²) in [6, 6.07) is 0. The molecule has 18 heavy (non-hydrogen) atoms. The maximum Gasteiger partial charge on any atom is 0.306 e. The van der Waals surface area contributed by atoms with E-state index in [0.29, 0.717) is 18.3 Å². The average Bonchev–Trinajstić information content (AvgIpc) is 2.34. The SMILES string of the molecule is CCCCC(=O)N1CC2CC(CC(C(=O)O)C2)C1. The summed E-state index contributed by atoms with van der Waals surface area (Å²) >= 11 is 0. The van der Waals surface area contributed by atoms with Gasteiger partial charge in [-0.2, -0.15) is 0 Å². The van der Waals surface area contributed by atoms with Crippen molar-refractivity contribution in [3.63, 3.8) is 0 Å². The molecule has 0 aromatic heterocycles. The van der Waals surface area contributed by atoms with Gasteiger partial charge in [0.2, 0.25) is 5.91 Å². The van der Waals surface area contributed by atoms with Crippen LogP contribution in [0.25, 0.3) is 0 Å². The molecular formula is C14H23NO3. The molecule has 4 heteroatoms. The van der Waals surface area contributed by atoms with E-state index < -0.39 is 5.97 Å². The molecule has 2 fully saturated rings. The van der Waals surface area contributed by atoms with Crippen molar-refractivity contribution in [1.29, 1.82) is 0 Å². The van der Waals surface area contributed by atoms with Crippen LogP contribution in [0.3, 0.4) is 0 Å². The minimum Gasteiger partial charge on any atom is -0.481 e. The Hall–Kier alpha value is -1.06. The molecular weight excluding hydrogens is 230 g/mol. The number of aliphatic carboxylic acids is 1. The van der Waals surface area contributed by atoms with Gasteiger partial charge in [0.05, 0.1) is 5.92 Å². The van der Waals surface area contributed by atoms with Gasteiger partial charge < -0.3 is 10.0 Å². The van der Waals surface area contributed by atoms with E-state index >= 15 is 0 Å². The molecule has 1 aliphatic heterocycles. The zero-order chi connectivity index (χ0) is 13.1. The van der Waals surface area contributed by atoms with Gasteiger partial charge in [-0.1, -0.05) is 13.3 Å². The first-order valence-corrected chi connectivity index (χ1v) is 7.10. The van der Waals surface area contributed by atoms with Gasteiger partial charge in [0.25, 0.3) is 0 Å². The fourth-order valence-electron chi connectivity index (χ4n) is 3.45. The van der Waals surface area contributed by atoms with Crippen molar-refractivity contribution in [3.05, 3.63) is 0 Å². The highest BCUT2D eigenvalue weighted by Gasteiger charge is 2.38. The van der Waals surface area contributed by atoms with Crippen molar-refractivity contribution in [2.24, 2.45) is 17.8 Å². The number of amides is 1. The smallest absolute Gasteiger partial charge is 0.306 e. The Kier molecular flexibility index (Phi) is 4.25. The number of carbonyl (C=O) groups excluding carboxylic acids is 1. The van der Waals surface area contributed by atoms with E-state index in [4.69, 9.17) is 5.11 Å². The minimum atomic E-state index is -0.657. The minimum absolute atomic E-state index is 0.179. The highest BCUT2D eigenvalue weighted by molar-refractivity contribution is 5.76. The van der Waals surface area contributed by atoms with Crippen LogP contribution in [0.1, 0.15) is 45.4 Å². The van der Waals surface area contributed by atoms with Crippen LogP contribution < -0.4 is 0 Å². The van der Waals surface area contributed by atoms with E-state index in [9.17, 15) is 9.59 Å². The number of nitrogens with zero attached hydrogens (tertiary/aromatic N) is 1. The van der Waals surface area contributed by atoms with Gasteiger partial charge in [-0.25, -0.2) is 0 Å². The first kappa shape index (κ1) is 13.4. The highest BCUT2D eigenvalue weighted by Crippen LogP contribution is 2.38. The largest absolute Gasteiger partial charge is 0.481 e. The van der Waals surface area contributed by atoms with Crippen LogP contribution in [0.5, 0.6) is 0 Å². The quantitative estimate of drug-likeness (QED) is 0.835. The zero-order valence-electron chi connectivity index (χ0n) is 11.1. The zero-order valence-corrected chi connectivity index (χ0v) is 11.1. The van der Waals surface area contributed by atoms with E-state index in [1.54, 1.807) is 0 Å². The molecule has 0 aromatic rings. The van der Waals surface area contributed by atoms with Crippen LogP contribution in [-0.4, -0.2) is 35.0 Å². The van der Waals surface area contributed by atoms with E-state index in [0.717, 1.165) is 45.2 Å². The fourth-order valence-corrected chi connectivity index (χ4v) is 3.45. The molecule has 0 spiro atoms. The number of hydrogen-bond donors (Lipinski definition) is 1. The molecule has 2 unspecified atom stereocenters. The van der Waals surface area contributed by atoms with Crippen molar-refractivity contribution < 1.29 is 14.7 Å². The Morgan fingerprint density at radius 3 is 2.28 bits per heavy atom. The first-order chi connectivity index (χ1) is 8.60. The van der Waals surface area contributed by atoms with Crippen molar-refractivity contribution in [2.45, 2.75) is 45.4 Å². The lowest BCUT2D eigenvalue weighted by atomic mass is 9.72. The second-order valence-electron chi connectivity index (χ2n) is 5.88. The lowest BCUT2D eigenvalue weighted by molar-refractivity contribution is -0.146. The number of unbranched alkanes of at least 4 members (excludes halogenated alkanes) is 1. The molecule has 2 bridgehead atoms. The Labute approximate surface area is 108 Å². The number of hydrogen-bond acceptors (Lipinski definition) is 2. The average molecular weight is 253 g/mol. The predicted molar refractivity (Wildman–Crippen MR) is 68.1 cm³/mol. The fraction of sp³-hybridized carbons (Fsp3) is 0.857. The number of carbonyl (C=O) groups is 2. The maximum absolute atomic E-state index is 12.0. The summed E-state index contributed by atoms with van der Waals surface area (Å²) in [5, 5.41) is 9.10. The van der Waals surface area contributed by atoms with E-state index in [2.05, 4.69) is 6.92 Å². The number of piperidine rings is 1. The summed E-state index contributed by atoms with van der Waals surface area (Å²) in [6.07, 6.45) is 5.28. The number of carboxylic acid groups (broad SMARTS) is 1. The highest BCUT2D eigenvalue weighted by atomic mass is 16.4. The number of carboxylic acids is 1. The van der Waals surface area contributed by atoms with Crippen molar-refractivity contribution in [2.75, 3.05) is 13.1 Å². The molecule has 4 nitrogen and oxygen atoms in total. The van der Waals surface area contributed by atoms with Crippen molar-refractivity contribution in [1.82, 2.24) is 4.90 Å². The number of likely N-dealkylation sites (tertiary alicyclic amines) is 1. The Morgan fingerprint density at radius 2 is 1.78 bits per heavy atom. The third-order valence-electron chi connectivity index (χ3n) is 4.31. The molecule has 2 atom stereocenters. The Morgan fingerprint density at radius 1 is 1.17 bits per heavy atom. The van der Waals surface area contributed by atoms with E-state index in [1.165, 1.54) is 0 Å². The summed E-state index contributed by atoms with van der Waals surface area (Å²) in [5.41, 5.74) is 0. The van der Waals surface area contributed by atoms with Crippen LogP contribution in [-0.2, 0) is 9.59 Å². The molecule has 1 saturated carbocycles. The Balaban J connectivity index is 1.90. The molecule has 1 saturated heterocycles. The van der Waals surface area contributed by atoms with Crippen LogP contribution in [0, 0.1) is 17.8 Å².